The highest BCUT2D eigenvalue weighted by Crippen LogP contribution is 2.46. The second-order valence-corrected chi connectivity index (χ2v) is 8.72. The largest absolute Gasteiger partial charge is 0.453 e. The molecule has 0 radical (unpaired) electrons. The van der Waals surface area contributed by atoms with Crippen molar-refractivity contribution in [2.75, 3.05) is 0 Å². The topological polar surface area (TPSA) is 43.9 Å². The summed E-state index contributed by atoms with van der Waals surface area (Å²) in [6.07, 6.45) is 1.82. The maximum Gasteiger partial charge on any atom is 0.161 e. The average Bonchev–Trinajstić information content (AvgIpc) is 3.44. The molecule has 0 atom stereocenters. The Morgan fingerprint density at radius 2 is 1.65 bits per heavy atom. The zero-order valence-corrected chi connectivity index (χ0v) is 17.3. The van der Waals surface area contributed by atoms with Crippen molar-refractivity contribution in [2.45, 2.75) is 19.3 Å². The summed E-state index contributed by atoms with van der Waals surface area (Å²) >= 11 is 0. The van der Waals surface area contributed by atoms with Crippen LogP contribution in [0.15, 0.2) is 83.4 Å². The third-order valence-corrected chi connectivity index (χ3v) is 6.60. The van der Waals surface area contributed by atoms with Crippen LogP contribution >= 0.6 is 0 Å². The molecule has 0 aliphatic carbocycles. The molecule has 4 nitrogen and oxygen atoms in total. The summed E-state index contributed by atoms with van der Waals surface area (Å²) in [5, 5.41) is 2.20. The molecule has 4 heteroatoms. The summed E-state index contributed by atoms with van der Waals surface area (Å²) < 4.78 is 8.90. The maximum absolute atomic E-state index is 6.62. The van der Waals surface area contributed by atoms with Gasteiger partial charge >= 0.3 is 0 Å². The first-order valence-electron chi connectivity index (χ1n) is 10.5. The molecule has 6 aromatic rings. The summed E-state index contributed by atoms with van der Waals surface area (Å²) in [6, 6.07) is 25.0. The molecule has 0 fully saturated rings. The second-order valence-electron chi connectivity index (χ2n) is 8.72. The van der Waals surface area contributed by atoms with Crippen molar-refractivity contribution in [3.63, 3.8) is 0 Å². The lowest BCUT2D eigenvalue weighted by Crippen LogP contribution is -2.16. The van der Waals surface area contributed by atoms with E-state index in [1.165, 1.54) is 11.3 Å². The number of nitrogens with zero attached hydrogens (tertiary/aromatic N) is 3. The number of pyridine rings is 1. The first-order valence-corrected chi connectivity index (χ1v) is 10.5. The van der Waals surface area contributed by atoms with Crippen LogP contribution < -0.4 is 0 Å². The van der Waals surface area contributed by atoms with Gasteiger partial charge in [-0.1, -0.05) is 36.4 Å². The van der Waals surface area contributed by atoms with Crippen LogP contribution in [0.1, 0.15) is 25.2 Å². The zero-order chi connectivity index (χ0) is 20.7. The second kappa shape index (κ2) is 5.61. The van der Waals surface area contributed by atoms with Gasteiger partial charge in [-0.2, -0.15) is 0 Å². The predicted octanol–water partition coefficient (Wildman–Crippen LogP) is 6.63. The quantitative estimate of drug-likeness (QED) is 0.311. The van der Waals surface area contributed by atoms with Crippen LogP contribution in [0.4, 0.5) is 0 Å². The van der Waals surface area contributed by atoms with Crippen LogP contribution in [0.3, 0.4) is 0 Å². The standard InChI is InChI=1S/C27H19N3O/c1-27(2)19-10-3-4-12-22(19)30-23-21(29-26(27)30)14-13-17-16-8-7-9-18(24(16)31-25(17)23)20-11-5-6-15-28-20/h3-15H,1-2H3. The number of imidazole rings is 1. The molecule has 0 saturated carbocycles. The van der Waals surface area contributed by atoms with E-state index in [0.29, 0.717) is 0 Å². The molecule has 0 N–H and O–H groups in total. The molecule has 31 heavy (non-hydrogen) atoms. The van der Waals surface area contributed by atoms with Gasteiger partial charge in [0, 0.05) is 22.5 Å². The molecule has 1 aliphatic rings. The van der Waals surface area contributed by atoms with E-state index in [1.807, 2.05) is 24.4 Å². The molecule has 0 bridgehead atoms. The minimum absolute atomic E-state index is 0.160. The van der Waals surface area contributed by atoms with Crippen LogP contribution in [0, 0.1) is 0 Å². The van der Waals surface area contributed by atoms with E-state index in [-0.39, 0.29) is 5.41 Å². The third kappa shape index (κ3) is 2.04. The summed E-state index contributed by atoms with van der Waals surface area (Å²) in [6.45, 7) is 4.48. The monoisotopic (exact) mass is 401 g/mol. The number of benzene rings is 3. The highest BCUT2D eigenvalue weighted by molar-refractivity contribution is 6.16. The Morgan fingerprint density at radius 1 is 0.806 bits per heavy atom. The Morgan fingerprint density at radius 3 is 2.52 bits per heavy atom. The maximum atomic E-state index is 6.62. The Hall–Kier alpha value is -3.92. The predicted molar refractivity (Wildman–Crippen MR) is 124 cm³/mol. The van der Waals surface area contributed by atoms with E-state index in [4.69, 9.17) is 9.40 Å². The molecular weight excluding hydrogens is 382 g/mol. The Balaban J connectivity index is 1.64. The van der Waals surface area contributed by atoms with Gasteiger partial charge in [0.2, 0.25) is 0 Å². The van der Waals surface area contributed by atoms with Crippen molar-refractivity contribution in [3.05, 3.63) is 90.4 Å². The van der Waals surface area contributed by atoms with Gasteiger partial charge in [-0.05, 0) is 55.8 Å². The van der Waals surface area contributed by atoms with E-state index < -0.39 is 0 Å². The van der Waals surface area contributed by atoms with Crippen molar-refractivity contribution < 1.29 is 4.42 Å². The molecule has 1 aliphatic heterocycles. The summed E-state index contributed by atoms with van der Waals surface area (Å²) in [5.74, 6) is 1.06. The Kier molecular flexibility index (Phi) is 3.05. The van der Waals surface area contributed by atoms with Crippen molar-refractivity contribution >= 4 is 33.0 Å². The van der Waals surface area contributed by atoms with Crippen molar-refractivity contribution in [2.24, 2.45) is 0 Å². The molecular formula is C27H19N3O. The van der Waals surface area contributed by atoms with Crippen LogP contribution in [0.5, 0.6) is 0 Å². The molecule has 3 aromatic carbocycles. The minimum atomic E-state index is -0.160. The van der Waals surface area contributed by atoms with Gasteiger partial charge in [-0.25, -0.2) is 4.98 Å². The number of hydrogen-bond acceptors (Lipinski definition) is 3. The highest BCUT2D eigenvalue weighted by atomic mass is 16.3. The highest BCUT2D eigenvalue weighted by Gasteiger charge is 2.39. The van der Waals surface area contributed by atoms with Crippen molar-refractivity contribution in [3.8, 4) is 16.9 Å². The van der Waals surface area contributed by atoms with Gasteiger partial charge in [0.1, 0.15) is 16.9 Å². The number of aromatic nitrogens is 3. The summed E-state index contributed by atoms with van der Waals surface area (Å²) in [5.41, 5.74) is 7.97. The molecule has 0 saturated heterocycles. The smallest absolute Gasteiger partial charge is 0.161 e. The molecule has 7 rings (SSSR count). The fourth-order valence-electron chi connectivity index (χ4n) is 5.11. The van der Waals surface area contributed by atoms with Crippen LogP contribution in [-0.4, -0.2) is 14.5 Å². The van der Waals surface area contributed by atoms with Crippen molar-refractivity contribution in [1.82, 2.24) is 14.5 Å². The molecule has 3 aromatic heterocycles. The van der Waals surface area contributed by atoms with Gasteiger partial charge < -0.3 is 4.42 Å². The van der Waals surface area contributed by atoms with Gasteiger partial charge in [0.05, 0.1) is 22.3 Å². The van der Waals surface area contributed by atoms with Gasteiger partial charge in [-0.3, -0.25) is 9.55 Å². The van der Waals surface area contributed by atoms with Crippen LogP contribution in [0.25, 0.3) is 49.9 Å². The first-order chi connectivity index (χ1) is 15.1. The van der Waals surface area contributed by atoms with Crippen LogP contribution in [0.2, 0.25) is 0 Å². The molecule has 0 spiro atoms. The lowest BCUT2D eigenvalue weighted by Gasteiger charge is -2.17. The molecule has 4 heterocycles. The van der Waals surface area contributed by atoms with Gasteiger partial charge in [-0.15, -0.1) is 0 Å². The average molecular weight is 401 g/mol. The Bertz CT molecular complexity index is 1650. The molecule has 0 amide bonds. The van der Waals surface area contributed by atoms with E-state index in [9.17, 15) is 0 Å². The SMILES string of the molecule is CC1(C)c2ccccc2-n2c1nc1ccc3c4cccc(-c5ccccn5)c4oc3c12. The number of para-hydroxylation sites is 2. The molecule has 148 valence electrons. The normalized spacial score (nSPS) is 14.4. The Labute approximate surface area is 178 Å². The number of rotatable bonds is 1. The fourth-order valence-corrected chi connectivity index (χ4v) is 5.11. The number of hydrogen-bond donors (Lipinski definition) is 0. The summed E-state index contributed by atoms with van der Waals surface area (Å²) in [4.78, 5) is 9.60. The van der Waals surface area contributed by atoms with E-state index in [2.05, 4.69) is 78.0 Å². The number of furan rings is 1. The van der Waals surface area contributed by atoms with Gasteiger partial charge in [0.15, 0.2) is 5.58 Å². The summed E-state index contributed by atoms with van der Waals surface area (Å²) in [7, 11) is 0. The molecule has 0 unspecified atom stereocenters. The first kappa shape index (κ1) is 16.8. The third-order valence-electron chi connectivity index (χ3n) is 6.60. The van der Waals surface area contributed by atoms with Crippen LogP contribution in [-0.2, 0) is 5.41 Å². The van der Waals surface area contributed by atoms with E-state index >= 15 is 0 Å². The zero-order valence-electron chi connectivity index (χ0n) is 17.3. The van der Waals surface area contributed by atoms with Gasteiger partial charge in [0.25, 0.3) is 0 Å². The fraction of sp³-hybridized carbons (Fsp3) is 0.111. The van der Waals surface area contributed by atoms with E-state index in [0.717, 1.165) is 50.1 Å². The number of fused-ring (bicyclic) bond motifs is 9. The van der Waals surface area contributed by atoms with Crippen molar-refractivity contribution in [1.29, 1.82) is 0 Å². The van der Waals surface area contributed by atoms with E-state index in [1.54, 1.807) is 0 Å². The lowest BCUT2D eigenvalue weighted by molar-refractivity contribution is 0.621. The lowest BCUT2D eigenvalue weighted by atomic mass is 9.86. The minimum Gasteiger partial charge on any atom is -0.453 e.